The fourth-order valence-electron chi connectivity index (χ4n) is 3.33. The van der Waals surface area contributed by atoms with Crippen molar-refractivity contribution >= 4 is 11.7 Å². The van der Waals surface area contributed by atoms with Crippen LogP contribution in [0.5, 0.6) is 0 Å². The van der Waals surface area contributed by atoms with E-state index in [4.69, 9.17) is 4.74 Å². The Morgan fingerprint density at radius 3 is 2.62 bits per heavy atom. The summed E-state index contributed by atoms with van der Waals surface area (Å²) in [6.45, 7) is 1.64. The van der Waals surface area contributed by atoms with Gasteiger partial charge in [0.2, 0.25) is 0 Å². The van der Waals surface area contributed by atoms with Crippen molar-refractivity contribution in [3.63, 3.8) is 0 Å². The molecule has 0 aliphatic carbocycles. The van der Waals surface area contributed by atoms with E-state index in [1.54, 1.807) is 0 Å². The third-order valence-electron chi connectivity index (χ3n) is 4.73. The maximum Gasteiger partial charge on any atom is 0.338 e. The molecule has 0 bridgehead atoms. The molecule has 2 aromatic rings. The number of anilines is 1. The zero-order valence-corrected chi connectivity index (χ0v) is 14.5. The van der Waals surface area contributed by atoms with Gasteiger partial charge in [0, 0.05) is 24.8 Å². The lowest BCUT2D eigenvalue weighted by Crippen LogP contribution is -2.45. The lowest BCUT2D eigenvalue weighted by Gasteiger charge is -2.39. The van der Waals surface area contributed by atoms with Crippen LogP contribution in [0, 0.1) is 0 Å². The van der Waals surface area contributed by atoms with Gasteiger partial charge in [-0.3, -0.25) is 0 Å². The molecule has 0 amide bonds. The first-order valence-corrected chi connectivity index (χ1v) is 8.25. The van der Waals surface area contributed by atoms with Crippen molar-refractivity contribution in [1.82, 2.24) is 4.90 Å². The summed E-state index contributed by atoms with van der Waals surface area (Å²) in [6.07, 6.45) is 1.05. The number of benzene rings is 2. The second-order valence-electron chi connectivity index (χ2n) is 6.48. The van der Waals surface area contributed by atoms with Gasteiger partial charge in [0.25, 0.3) is 0 Å². The lowest BCUT2D eigenvalue weighted by molar-refractivity contribution is 0.0599. The number of esters is 1. The highest BCUT2D eigenvalue weighted by Crippen LogP contribution is 2.30. The molecule has 1 atom stereocenters. The van der Waals surface area contributed by atoms with Crippen LogP contribution in [0.15, 0.2) is 48.5 Å². The van der Waals surface area contributed by atoms with E-state index in [1.807, 2.05) is 24.3 Å². The van der Waals surface area contributed by atoms with Crippen LogP contribution in [0.4, 0.5) is 5.69 Å². The van der Waals surface area contributed by atoms with Gasteiger partial charge < -0.3 is 14.5 Å². The maximum atomic E-state index is 12.0. The molecule has 1 aliphatic rings. The molecule has 3 rings (SSSR count). The quantitative estimate of drug-likeness (QED) is 0.810. The molecule has 2 aromatic carbocycles. The topological polar surface area (TPSA) is 32.8 Å². The number of ether oxygens (including phenoxy) is 1. The molecule has 0 saturated carbocycles. The summed E-state index contributed by atoms with van der Waals surface area (Å²) >= 11 is 0. The Kier molecular flexibility index (Phi) is 4.86. The Balaban J connectivity index is 1.93. The van der Waals surface area contributed by atoms with Crippen molar-refractivity contribution in [3.8, 4) is 0 Å². The largest absolute Gasteiger partial charge is 0.465 e. The fraction of sp³-hybridized carbons (Fsp3) is 0.350. The molecular weight excluding hydrogens is 300 g/mol. The van der Waals surface area contributed by atoms with Gasteiger partial charge in [-0.15, -0.1) is 0 Å². The van der Waals surface area contributed by atoms with Crippen LogP contribution >= 0.6 is 0 Å². The van der Waals surface area contributed by atoms with E-state index >= 15 is 0 Å². The third-order valence-corrected chi connectivity index (χ3v) is 4.73. The van der Waals surface area contributed by atoms with Crippen LogP contribution in [0.25, 0.3) is 0 Å². The smallest absolute Gasteiger partial charge is 0.338 e. The van der Waals surface area contributed by atoms with Gasteiger partial charge in [0.15, 0.2) is 0 Å². The van der Waals surface area contributed by atoms with Gasteiger partial charge in [-0.05, 0) is 43.8 Å². The summed E-state index contributed by atoms with van der Waals surface area (Å²) in [6, 6.07) is 16.7. The highest BCUT2D eigenvalue weighted by molar-refractivity contribution is 5.91. The average molecular weight is 324 g/mol. The first-order valence-electron chi connectivity index (χ1n) is 8.25. The van der Waals surface area contributed by atoms with Gasteiger partial charge >= 0.3 is 5.97 Å². The molecule has 0 radical (unpaired) electrons. The Morgan fingerprint density at radius 1 is 1.17 bits per heavy atom. The summed E-state index contributed by atoms with van der Waals surface area (Å²) in [7, 11) is 5.68. The monoisotopic (exact) mass is 324 g/mol. The van der Waals surface area contributed by atoms with Crippen molar-refractivity contribution in [2.75, 3.05) is 32.6 Å². The fourth-order valence-corrected chi connectivity index (χ4v) is 3.33. The SMILES string of the molecule is COC(=O)c1ccccc1CN1C[C@H](N(C)C)Cc2ccccc21. The molecule has 126 valence electrons. The number of likely N-dealkylation sites (N-methyl/N-ethyl adjacent to an activating group) is 1. The number of fused-ring (bicyclic) bond motifs is 1. The number of carbonyl (C=O) groups excluding carboxylic acids is 1. The summed E-state index contributed by atoms with van der Waals surface area (Å²) in [5.74, 6) is -0.278. The molecule has 4 nitrogen and oxygen atoms in total. The van der Waals surface area contributed by atoms with Gasteiger partial charge in [-0.1, -0.05) is 36.4 Å². The second kappa shape index (κ2) is 7.05. The van der Waals surface area contributed by atoms with Crippen molar-refractivity contribution in [2.45, 2.75) is 19.0 Å². The minimum atomic E-state index is -0.278. The number of para-hydroxylation sites is 1. The Labute approximate surface area is 143 Å². The molecule has 0 unspecified atom stereocenters. The number of nitrogens with zero attached hydrogens (tertiary/aromatic N) is 2. The van der Waals surface area contributed by atoms with E-state index in [-0.39, 0.29) is 5.97 Å². The highest BCUT2D eigenvalue weighted by atomic mass is 16.5. The lowest BCUT2D eigenvalue weighted by atomic mass is 9.96. The van der Waals surface area contributed by atoms with E-state index in [0.717, 1.165) is 18.5 Å². The van der Waals surface area contributed by atoms with Gasteiger partial charge in [0.05, 0.1) is 12.7 Å². The molecule has 24 heavy (non-hydrogen) atoms. The van der Waals surface area contributed by atoms with Crippen molar-refractivity contribution < 1.29 is 9.53 Å². The molecule has 1 heterocycles. The number of hydrogen-bond donors (Lipinski definition) is 0. The van der Waals surface area contributed by atoms with E-state index < -0.39 is 0 Å². The highest BCUT2D eigenvalue weighted by Gasteiger charge is 2.26. The number of hydrogen-bond acceptors (Lipinski definition) is 4. The Hall–Kier alpha value is -2.33. The summed E-state index contributed by atoms with van der Waals surface area (Å²) in [4.78, 5) is 16.7. The summed E-state index contributed by atoms with van der Waals surface area (Å²) < 4.78 is 4.93. The van der Waals surface area contributed by atoms with Crippen molar-refractivity contribution in [2.24, 2.45) is 0 Å². The zero-order chi connectivity index (χ0) is 17.1. The molecule has 0 aromatic heterocycles. The first kappa shape index (κ1) is 16.5. The normalized spacial score (nSPS) is 16.8. The van der Waals surface area contributed by atoms with Crippen LogP contribution in [0.3, 0.4) is 0 Å². The molecule has 1 aliphatic heterocycles. The Bertz CT molecular complexity index is 727. The third kappa shape index (κ3) is 3.29. The van der Waals surface area contributed by atoms with Gasteiger partial charge in [0.1, 0.15) is 0 Å². The van der Waals surface area contributed by atoms with Crippen LogP contribution in [0.2, 0.25) is 0 Å². The van der Waals surface area contributed by atoms with E-state index in [9.17, 15) is 4.79 Å². The van der Waals surface area contributed by atoms with Gasteiger partial charge in [-0.2, -0.15) is 0 Å². The predicted molar refractivity (Wildman–Crippen MR) is 96.5 cm³/mol. The predicted octanol–water partition coefficient (Wildman–Crippen LogP) is 2.97. The van der Waals surface area contributed by atoms with Crippen LogP contribution in [-0.4, -0.2) is 44.7 Å². The van der Waals surface area contributed by atoms with Gasteiger partial charge in [-0.25, -0.2) is 4.79 Å². The zero-order valence-electron chi connectivity index (χ0n) is 14.5. The minimum absolute atomic E-state index is 0.278. The van der Waals surface area contributed by atoms with E-state index in [0.29, 0.717) is 18.2 Å². The molecule has 0 N–H and O–H groups in total. The molecule has 0 spiro atoms. The number of methoxy groups -OCH3 is 1. The van der Waals surface area contributed by atoms with E-state index in [2.05, 4.69) is 48.2 Å². The van der Waals surface area contributed by atoms with E-state index in [1.165, 1.54) is 18.4 Å². The van der Waals surface area contributed by atoms with Crippen molar-refractivity contribution in [3.05, 3.63) is 65.2 Å². The summed E-state index contributed by atoms with van der Waals surface area (Å²) in [5.41, 5.74) is 4.26. The average Bonchev–Trinajstić information content (AvgIpc) is 2.61. The maximum absolute atomic E-state index is 12.0. The molecule has 4 heteroatoms. The number of rotatable bonds is 4. The van der Waals surface area contributed by atoms with Crippen LogP contribution in [-0.2, 0) is 17.7 Å². The molecule has 0 saturated heterocycles. The minimum Gasteiger partial charge on any atom is -0.465 e. The van der Waals surface area contributed by atoms with Crippen LogP contribution < -0.4 is 4.90 Å². The van der Waals surface area contributed by atoms with Crippen molar-refractivity contribution in [1.29, 1.82) is 0 Å². The summed E-state index contributed by atoms with van der Waals surface area (Å²) in [5, 5.41) is 0. The van der Waals surface area contributed by atoms with Crippen LogP contribution in [0.1, 0.15) is 21.5 Å². The number of carbonyl (C=O) groups is 1. The molecular formula is C20H24N2O2. The second-order valence-corrected chi connectivity index (χ2v) is 6.48. The standard InChI is InChI=1S/C20H24N2O2/c1-21(2)17-12-15-8-5-7-11-19(15)22(14-17)13-16-9-4-6-10-18(16)20(23)24-3/h4-11,17H,12-14H2,1-3H3/t17-/m1/s1. The Morgan fingerprint density at radius 2 is 1.88 bits per heavy atom. The molecule has 0 fully saturated rings. The first-order chi connectivity index (χ1) is 11.6.